The number of aliphatic hydroxyl groups is 1. The van der Waals surface area contributed by atoms with Gasteiger partial charge in [-0.2, -0.15) is 10.1 Å². The van der Waals surface area contributed by atoms with Gasteiger partial charge in [-0.1, -0.05) is 12.1 Å². The van der Waals surface area contributed by atoms with Crippen LogP contribution >= 0.6 is 0 Å². The van der Waals surface area contributed by atoms with Crippen molar-refractivity contribution in [1.82, 2.24) is 39.0 Å². The standard InChI is InChI=1S/C30H35N9O2/c1-6-14-38-28(40)22-18-31-29(34-27(22)39(38)25-9-7-8-24(33-25)30(2,3)41)32-20-10-11-21-23(17-20)37(5)35-26(21)19-12-15-36(4)16-13-19/h6-11,17-19,41H,1,12-16H2,2-5H3,(H,31,32,34). The third-order valence-corrected chi connectivity index (χ3v) is 7.80. The molecule has 1 aromatic carbocycles. The van der Waals surface area contributed by atoms with Gasteiger partial charge in [-0.15, -0.1) is 6.58 Å². The van der Waals surface area contributed by atoms with Gasteiger partial charge in [0, 0.05) is 30.2 Å². The minimum absolute atomic E-state index is 0.250. The minimum Gasteiger partial charge on any atom is -0.384 e. The van der Waals surface area contributed by atoms with E-state index in [1.165, 1.54) is 10.9 Å². The van der Waals surface area contributed by atoms with Crippen LogP contribution < -0.4 is 10.9 Å². The van der Waals surface area contributed by atoms with Gasteiger partial charge in [-0.05, 0) is 77.2 Å². The Bertz CT molecular complexity index is 1820. The first-order valence-corrected chi connectivity index (χ1v) is 13.9. The number of hydrogen-bond acceptors (Lipinski definition) is 8. The van der Waals surface area contributed by atoms with Crippen LogP contribution in [0, 0.1) is 0 Å². The maximum atomic E-state index is 13.3. The number of piperidine rings is 1. The molecule has 0 spiro atoms. The van der Waals surface area contributed by atoms with E-state index in [1.54, 1.807) is 42.8 Å². The van der Waals surface area contributed by atoms with Gasteiger partial charge in [-0.3, -0.25) is 9.48 Å². The number of allylic oxidation sites excluding steroid dienone is 1. The fourth-order valence-electron chi connectivity index (χ4n) is 5.57. The number of likely N-dealkylation sites (tertiary alicyclic amines) is 1. The molecule has 0 saturated carbocycles. The Balaban J connectivity index is 1.39. The van der Waals surface area contributed by atoms with E-state index in [1.807, 2.05) is 17.8 Å². The van der Waals surface area contributed by atoms with E-state index in [0.717, 1.165) is 48.2 Å². The summed E-state index contributed by atoms with van der Waals surface area (Å²) in [6.07, 6.45) is 5.39. The maximum Gasteiger partial charge on any atom is 0.278 e. The van der Waals surface area contributed by atoms with E-state index in [9.17, 15) is 9.90 Å². The highest BCUT2D eigenvalue weighted by Crippen LogP contribution is 2.33. The van der Waals surface area contributed by atoms with Crippen molar-refractivity contribution < 1.29 is 5.11 Å². The molecule has 1 aliphatic rings. The van der Waals surface area contributed by atoms with E-state index < -0.39 is 5.60 Å². The number of anilines is 2. The van der Waals surface area contributed by atoms with E-state index in [2.05, 4.69) is 45.9 Å². The fourth-order valence-corrected chi connectivity index (χ4v) is 5.57. The molecule has 11 nitrogen and oxygen atoms in total. The summed E-state index contributed by atoms with van der Waals surface area (Å²) in [5.41, 5.74) is 2.49. The van der Waals surface area contributed by atoms with E-state index in [4.69, 9.17) is 10.1 Å². The van der Waals surface area contributed by atoms with Crippen molar-refractivity contribution in [3.05, 3.63) is 77.0 Å². The molecule has 0 aliphatic carbocycles. The van der Waals surface area contributed by atoms with Gasteiger partial charge >= 0.3 is 0 Å². The monoisotopic (exact) mass is 553 g/mol. The number of fused-ring (bicyclic) bond motifs is 2. The lowest BCUT2D eigenvalue weighted by Gasteiger charge is -2.28. The van der Waals surface area contributed by atoms with Gasteiger partial charge in [0.1, 0.15) is 11.0 Å². The first kappa shape index (κ1) is 26.9. The lowest BCUT2D eigenvalue weighted by Crippen LogP contribution is -2.29. The van der Waals surface area contributed by atoms with E-state index in [-0.39, 0.29) is 12.1 Å². The molecule has 1 aliphatic heterocycles. The molecule has 5 heterocycles. The molecule has 1 saturated heterocycles. The number of benzene rings is 1. The Hall–Kier alpha value is -4.35. The minimum atomic E-state index is -1.15. The van der Waals surface area contributed by atoms with Crippen LogP contribution in [0.3, 0.4) is 0 Å². The Kier molecular flexibility index (Phi) is 6.71. The van der Waals surface area contributed by atoms with Crippen molar-refractivity contribution >= 4 is 33.6 Å². The summed E-state index contributed by atoms with van der Waals surface area (Å²) < 4.78 is 5.10. The third kappa shape index (κ3) is 4.91. The molecule has 0 unspecified atom stereocenters. The molecule has 0 amide bonds. The predicted octanol–water partition coefficient (Wildman–Crippen LogP) is 3.83. The first-order chi connectivity index (χ1) is 19.6. The zero-order valence-electron chi connectivity index (χ0n) is 23.9. The Labute approximate surface area is 237 Å². The highest BCUT2D eigenvalue weighted by Gasteiger charge is 2.24. The second kappa shape index (κ2) is 10.2. The summed E-state index contributed by atoms with van der Waals surface area (Å²) in [5.74, 6) is 1.26. The SMILES string of the molecule is C=CCn1c(=O)c2cnc(Nc3ccc4c(C5CCN(C)CC5)nn(C)c4c3)nc2n1-c1cccc(C(C)(C)O)n1. The topological polar surface area (TPSA) is 119 Å². The molecule has 6 rings (SSSR count). The van der Waals surface area contributed by atoms with Crippen LogP contribution in [0.1, 0.15) is 44.0 Å². The zero-order chi connectivity index (χ0) is 28.9. The van der Waals surface area contributed by atoms with Crippen LogP contribution in [0.2, 0.25) is 0 Å². The number of pyridine rings is 1. The van der Waals surface area contributed by atoms with Crippen LogP contribution in [0.4, 0.5) is 11.6 Å². The van der Waals surface area contributed by atoms with Gasteiger partial charge in [0.15, 0.2) is 11.5 Å². The lowest BCUT2D eigenvalue weighted by molar-refractivity contribution is 0.0738. The smallest absolute Gasteiger partial charge is 0.278 e. The molecular weight excluding hydrogens is 518 g/mol. The van der Waals surface area contributed by atoms with Crippen LogP contribution in [0.15, 0.2) is 60.0 Å². The largest absolute Gasteiger partial charge is 0.384 e. The summed E-state index contributed by atoms with van der Waals surface area (Å²) >= 11 is 0. The quantitative estimate of drug-likeness (QED) is 0.292. The number of rotatable bonds is 7. The van der Waals surface area contributed by atoms with Gasteiger partial charge in [0.2, 0.25) is 5.95 Å². The zero-order valence-corrected chi connectivity index (χ0v) is 23.9. The molecule has 4 aromatic heterocycles. The lowest BCUT2D eigenvalue weighted by atomic mass is 9.92. The summed E-state index contributed by atoms with van der Waals surface area (Å²) in [5, 5.41) is 20.3. The Morgan fingerprint density at radius 2 is 1.90 bits per heavy atom. The van der Waals surface area contributed by atoms with Crippen molar-refractivity contribution in [1.29, 1.82) is 0 Å². The second-order valence-corrected chi connectivity index (χ2v) is 11.3. The molecule has 1 fully saturated rings. The number of nitrogens with zero attached hydrogens (tertiary/aromatic N) is 8. The van der Waals surface area contributed by atoms with Crippen molar-refractivity contribution in [2.24, 2.45) is 7.05 Å². The average molecular weight is 554 g/mol. The number of nitrogens with one attached hydrogen (secondary N) is 1. The van der Waals surface area contributed by atoms with E-state index >= 15 is 0 Å². The Morgan fingerprint density at radius 3 is 2.63 bits per heavy atom. The van der Waals surface area contributed by atoms with Crippen LogP contribution in [0.25, 0.3) is 27.8 Å². The van der Waals surface area contributed by atoms with Gasteiger partial charge in [-0.25, -0.2) is 19.3 Å². The van der Waals surface area contributed by atoms with Crippen molar-refractivity contribution in [2.45, 2.75) is 44.8 Å². The number of hydrogen-bond donors (Lipinski definition) is 2. The van der Waals surface area contributed by atoms with Crippen LogP contribution in [-0.2, 0) is 19.2 Å². The second-order valence-electron chi connectivity index (χ2n) is 11.3. The van der Waals surface area contributed by atoms with Gasteiger partial charge in [0.25, 0.3) is 5.56 Å². The summed E-state index contributed by atoms with van der Waals surface area (Å²) in [6, 6.07) is 11.5. The molecule has 0 atom stereocenters. The van der Waals surface area contributed by atoms with Crippen LogP contribution in [0.5, 0.6) is 0 Å². The van der Waals surface area contributed by atoms with Gasteiger partial charge in [0.05, 0.1) is 23.4 Å². The summed E-state index contributed by atoms with van der Waals surface area (Å²) in [6.45, 7) is 9.57. The molecule has 0 radical (unpaired) electrons. The molecular formula is C30H35N9O2. The highest BCUT2D eigenvalue weighted by atomic mass is 16.3. The average Bonchev–Trinajstić information content (AvgIpc) is 3.42. The van der Waals surface area contributed by atoms with E-state index in [0.29, 0.717) is 34.4 Å². The summed E-state index contributed by atoms with van der Waals surface area (Å²) in [7, 11) is 4.14. The number of aryl methyl sites for hydroxylation is 1. The maximum absolute atomic E-state index is 13.3. The molecule has 2 N–H and O–H groups in total. The highest BCUT2D eigenvalue weighted by molar-refractivity contribution is 5.86. The molecule has 41 heavy (non-hydrogen) atoms. The predicted molar refractivity (Wildman–Crippen MR) is 160 cm³/mol. The molecule has 0 bridgehead atoms. The molecule has 11 heteroatoms. The van der Waals surface area contributed by atoms with Crippen molar-refractivity contribution in [3.63, 3.8) is 0 Å². The normalized spacial score (nSPS) is 15.1. The first-order valence-electron chi connectivity index (χ1n) is 13.9. The van der Waals surface area contributed by atoms with Crippen molar-refractivity contribution in [2.75, 3.05) is 25.5 Å². The summed E-state index contributed by atoms with van der Waals surface area (Å²) in [4.78, 5) is 29.5. The number of aromatic nitrogens is 7. The molecule has 5 aromatic rings. The molecule has 212 valence electrons. The fraction of sp³-hybridized carbons (Fsp3) is 0.367. The third-order valence-electron chi connectivity index (χ3n) is 7.80. The van der Waals surface area contributed by atoms with Gasteiger partial charge < -0.3 is 15.3 Å². The van der Waals surface area contributed by atoms with Crippen molar-refractivity contribution in [3.8, 4) is 5.82 Å². The Morgan fingerprint density at radius 1 is 1.12 bits per heavy atom. The van der Waals surface area contributed by atoms with Crippen LogP contribution in [-0.4, -0.2) is 64.2 Å².